The summed E-state index contributed by atoms with van der Waals surface area (Å²) in [6.45, 7) is 3.97. The summed E-state index contributed by atoms with van der Waals surface area (Å²) in [7, 11) is 1.75. The van der Waals surface area contributed by atoms with Crippen LogP contribution in [0.15, 0.2) is 82.6 Å². The third kappa shape index (κ3) is 5.15. The van der Waals surface area contributed by atoms with Crippen LogP contribution in [0.4, 0.5) is 5.69 Å². The normalized spacial score (nSPS) is 17.5. The van der Waals surface area contributed by atoms with Gasteiger partial charge in [0.05, 0.1) is 10.6 Å². The Morgan fingerprint density at radius 2 is 1.69 bits per heavy atom. The first-order valence-corrected chi connectivity index (χ1v) is 12.8. The van der Waals surface area contributed by atoms with E-state index in [-0.39, 0.29) is 11.8 Å². The lowest BCUT2D eigenvalue weighted by atomic mass is 10.1. The molecule has 2 amide bonds. The van der Waals surface area contributed by atoms with E-state index < -0.39 is 0 Å². The number of thioether (sulfide) groups is 1. The molecule has 0 bridgehead atoms. The number of nitrogens with zero attached hydrogens (tertiary/aromatic N) is 3. The molecule has 0 spiro atoms. The summed E-state index contributed by atoms with van der Waals surface area (Å²) >= 11 is 7.69. The summed E-state index contributed by atoms with van der Waals surface area (Å²) in [4.78, 5) is 33.8. The van der Waals surface area contributed by atoms with Gasteiger partial charge in [-0.3, -0.25) is 14.5 Å². The topological polar surface area (TPSA) is 43.9 Å². The molecule has 1 saturated heterocycles. The molecule has 1 fully saturated rings. The van der Waals surface area contributed by atoms with Gasteiger partial charge < -0.3 is 9.80 Å². The van der Waals surface area contributed by atoms with Gasteiger partial charge in [0.2, 0.25) is 0 Å². The number of amides is 2. The zero-order valence-electron chi connectivity index (χ0n) is 19.5. The number of carbonyl (C=O) groups is 2. The van der Waals surface area contributed by atoms with Gasteiger partial charge in [0.15, 0.2) is 0 Å². The molecular weight excluding hydrogens is 478 g/mol. The molecule has 0 radical (unpaired) electrons. The smallest absolute Gasteiger partial charge is 0.264 e. The molecule has 178 valence electrons. The molecule has 2 aliphatic heterocycles. The van der Waals surface area contributed by atoms with Crippen LogP contribution in [0.5, 0.6) is 0 Å². The number of carbonyl (C=O) groups excluding carboxylic acids is 2. The Morgan fingerprint density at radius 3 is 2.43 bits per heavy atom. The summed E-state index contributed by atoms with van der Waals surface area (Å²) in [5.74, 6) is -0.100. The molecule has 7 heteroatoms. The zero-order valence-corrected chi connectivity index (χ0v) is 21.1. The molecular formula is C28H26ClN3O2S. The number of hydrogen-bond donors (Lipinski definition) is 0. The van der Waals surface area contributed by atoms with E-state index in [4.69, 9.17) is 11.6 Å². The molecule has 0 saturated carbocycles. The minimum Gasteiger partial charge on any atom is -0.336 e. The van der Waals surface area contributed by atoms with Crippen LogP contribution in [0.3, 0.4) is 0 Å². The molecule has 5 nitrogen and oxygen atoms in total. The monoisotopic (exact) mass is 503 g/mol. The minimum atomic E-state index is -0.110. The maximum Gasteiger partial charge on any atom is 0.264 e. The lowest BCUT2D eigenvalue weighted by Gasteiger charge is -2.35. The quantitative estimate of drug-likeness (QED) is 0.447. The van der Waals surface area contributed by atoms with E-state index in [2.05, 4.69) is 29.2 Å². The van der Waals surface area contributed by atoms with Gasteiger partial charge in [-0.1, -0.05) is 71.9 Å². The van der Waals surface area contributed by atoms with Gasteiger partial charge in [0.25, 0.3) is 11.8 Å². The van der Waals surface area contributed by atoms with Crippen molar-refractivity contribution in [1.82, 2.24) is 9.80 Å². The van der Waals surface area contributed by atoms with Crippen LogP contribution >= 0.6 is 23.4 Å². The number of rotatable bonds is 4. The van der Waals surface area contributed by atoms with Gasteiger partial charge in [0, 0.05) is 55.3 Å². The second-order valence-corrected chi connectivity index (χ2v) is 10.2. The van der Waals surface area contributed by atoms with E-state index in [0.717, 1.165) is 35.8 Å². The predicted octanol–water partition coefficient (Wildman–Crippen LogP) is 5.41. The molecule has 3 aromatic rings. The zero-order chi connectivity index (χ0) is 24.4. The molecule has 3 aromatic carbocycles. The SMILES string of the molecule is CN1C(=O)/C(=C/c2ccccc2Cl)Sc2ccc(C(=O)N3CCN(Cc4ccccc4)CC3)cc21. The second-order valence-electron chi connectivity index (χ2n) is 8.73. The van der Waals surface area contributed by atoms with Crippen LogP contribution in [0, 0.1) is 0 Å². The van der Waals surface area contributed by atoms with Crippen molar-refractivity contribution in [2.24, 2.45) is 0 Å². The van der Waals surface area contributed by atoms with E-state index in [1.54, 1.807) is 11.9 Å². The van der Waals surface area contributed by atoms with Crippen molar-refractivity contribution in [3.05, 3.63) is 99.4 Å². The lowest BCUT2D eigenvalue weighted by molar-refractivity contribution is -0.114. The Hall–Kier alpha value is -3.06. The number of fused-ring (bicyclic) bond motifs is 1. The van der Waals surface area contributed by atoms with E-state index in [9.17, 15) is 9.59 Å². The highest BCUT2D eigenvalue weighted by Gasteiger charge is 2.29. The summed E-state index contributed by atoms with van der Waals surface area (Å²) in [6.07, 6.45) is 1.82. The van der Waals surface area contributed by atoms with E-state index >= 15 is 0 Å². The number of halogens is 1. The Balaban J connectivity index is 1.28. The third-order valence-corrected chi connectivity index (χ3v) is 7.82. The Bertz CT molecular complexity index is 1290. The van der Waals surface area contributed by atoms with E-state index in [1.165, 1.54) is 17.3 Å². The van der Waals surface area contributed by atoms with Crippen molar-refractivity contribution in [3.8, 4) is 0 Å². The Kier molecular flexibility index (Phi) is 6.95. The van der Waals surface area contributed by atoms with Crippen LogP contribution in [0.25, 0.3) is 6.08 Å². The number of piperazine rings is 1. The van der Waals surface area contributed by atoms with E-state index in [0.29, 0.717) is 28.6 Å². The van der Waals surface area contributed by atoms with Crippen LogP contribution in [-0.2, 0) is 11.3 Å². The van der Waals surface area contributed by atoms with Crippen LogP contribution < -0.4 is 4.90 Å². The highest BCUT2D eigenvalue weighted by Crippen LogP contribution is 2.42. The first-order chi connectivity index (χ1) is 17.0. The van der Waals surface area contributed by atoms with E-state index in [1.807, 2.05) is 59.5 Å². The fraction of sp³-hybridized carbons (Fsp3) is 0.214. The average molecular weight is 504 g/mol. The molecule has 2 aliphatic rings. The molecule has 0 aromatic heterocycles. The Morgan fingerprint density at radius 1 is 0.971 bits per heavy atom. The average Bonchev–Trinajstić information content (AvgIpc) is 2.89. The van der Waals surface area contributed by atoms with Gasteiger partial charge in [-0.25, -0.2) is 0 Å². The molecule has 0 unspecified atom stereocenters. The highest BCUT2D eigenvalue weighted by atomic mass is 35.5. The standard InChI is InChI=1S/C28H26ClN3O2S/c1-30-24-17-22(27(33)32-15-13-31(14-16-32)19-20-7-3-2-4-8-20)11-12-25(24)35-26(28(30)34)18-21-9-5-6-10-23(21)29/h2-12,17-18H,13-16,19H2,1H3/b26-18-. The molecule has 5 rings (SSSR count). The number of likely N-dealkylation sites (N-methyl/N-ethyl adjacent to an activating group) is 1. The van der Waals surface area contributed by atoms with Gasteiger partial charge in [0.1, 0.15) is 0 Å². The Labute approximate surface area is 215 Å². The first kappa shape index (κ1) is 23.7. The third-order valence-electron chi connectivity index (χ3n) is 6.40. The maximum atomic E-state index is 13.3. The summed E-state index contributed by atoms with van der Waals surface area (Å²) in [6, 6.07) is 23.5. The number of benzene rings is 3. The molecule has 35 heavy (non-hydrogen) atoms. The number of hydrogen-bond acceptors (Lipinski definition) is 4. The summed E-state index contributed by atoms with van der Waals surface area (Å²) in [5.41, 5.74) is 3.46. The molecule has 2 heterocycles. The largest absolute Gasteiger partial charge is 0.336 e. The van der Waals surface area contributed by atoms with Crippen molar-refractivity contribution >= 4 is 46.9 Å². The van der Waals surface area contributed by atoms with Gasteiger partial charge >= 0.3 is 0 Å². The molecule has 0 atom stereocenters. The van der Waals surface area contributed by atoms with Gasteiger partial charge in [-0.2, -0.15) is 0 Å². The van der Waals surface area contributed by atoms with Crippen molar-refractivity contribution in [2.45, 2.75) is 11.4 Å². The van der Waals surface area contributed by atoms with Crippen LogP contribution in [-0.4, -0.2) is 54.8 Å². The first-order valence-electron chi connectivity index (χ1n) is 11.6. The van der Waals surface area contributed by atoms with Gasteiger partial charge in [-0.05, 0) is 41.5 Å². The van der Waals surface area contributed by atoms with Crippen molar-refractivity contribution in [2.75, 3.05) is 38.1 Å². The van der Waals surface area contributed by atoms with Crippen molar-refractivity contribution < 1.29 is 9.59 Å². The second kappa shape index (κ2) is 10.3. The fourth-order valence-electron chi connectivity index (χ4n) is 4.39. The maximum absolute atomic E-state index is 13.3. The minimum absolute atomic E-state index is 0.00964. The lowest BCUT2D eigenvalue weighted by Crippen LogP contribution is -2.48. The van der Waals surface area contributed by atoms with Gasteiger partial charge in [-0.15, -0.1) is 0 Å². The summed E-state index contributed by atoms with van der Waals surface area (Å²) < 4.78 is 0. The van der Waals surface area contributed by atoms with Crippen molar-refractivity contribution in [3.63, 3.8) is 0 Å². The van der Waals surface area contributed by atoms with Crippen molar-refractivity contribution in [1.29, 1.82) is 0 Å². The highest BCUT2D eigenvalue weighted by molar-refractivity contribution is 8.04. The predicted molar refractivity (Wildman–Crippen MR) is 143 cm³/mol. The number of anilines is 1. The molecule has 0 N–H and O–H groups in total. The van der Waals surface area contributed by atoms with Crippen LogP contribution in [0.2, 0.25) is 5.02 Å². The van der Waals surface area contributed by atoms with Crippen LogP contribution in [0.1, 0.15) is 21.5 Å². The summed E-state index contributed by atoms with van der Waals surface area (Å²) in [5, 5.41) is 0.603. The molecule has 0 aliphatic carbocycles. The fourth-order valence-corrected chi connectivity index (χ4v) is 5.67.